The van der Waals surface area contributed by atoms with Crippen LogP contribution in [-0.2, 0) is 0 Å². The molecule has 0 aliphatic carbocycles. The van der Waals surface area contributed by atoms with Crippen molar-refractivity contribution in [1.82, 2.24) is 0 Å². The first-order valence-corrected chi connectivity index (χ1v) is 6.57. The van der Waals surface area contributed by atoms with E-state index in [4.69, 9.17) is 92.8 Å². The molecular weight excluding hydrogens is 356 g/mol. The van der Waals surface area contributed by atoms with Gasteiger partial charge in [0.25, 0.3) is 0 Å². The summed E-state index contributed by atoms with van der Waals surface area (Å²) in [6.07, 6.45) is 0.183. The highest BCUT2D eigenvalue weighted by atomic mass is 35.6. The molecule has 0 saturated heterocycles. The van der Waals surface area contributed by atoms with E-state index in [9.17, 15) is 0 Å². The zero-order valence-corrected chi connectivity index (χ0v) is 12.6. The van der Waals surface area contributed by atoms with Crippen LogP contribution in [0.4, 0.5) is 0 Å². The van der Waals surface area contributed by atoms with E-state index in [1.165, 1.54) is 0 Å². The molecule has 86 valence electrons. The minimum Gasteiger partial charge on any atom is -0.121 e. The lowest BCUT2D eigenvalue weighted by Crippen LogP contribution is -2.25. The largest absolute Gasteiger partial charge is 0.192 e. The second kappa shape index (κ2) is 6.31. The summed E-state index contributed by atoms with van der Waals surface area (Å²) in [4.78, 5) is 0. The molecule has 0 heterocycles. The summed E-state index contributed by atoms with van der Waals surface area (Å²) in [5.74, 6) is 0. The highest BCUT2D eigenvalue weighted by molar-refractivity contribution is 6.68. The smallest absolute Gasteiger partial charge is 0.121 e. The monoisotopic (exact) mass is 358 g/mol. The molecule has 0 fully saturated rings. The molecular formula is C6H6Cl8. The average Bonchev–Trinajstić information content (AvgIpc) is 1.78. The molecule has 0 rings (SSSR count). The Labute approximate surface area is 123 Å². The minimum atomic E-state index is -1.45. The maximum atomic E-state index is 5.86. The molecule has 2 atom stereocenters. The van der Waals surface area contributed by atoms with E-state index in [1.807, 2.05) is 0 Å². The van der Waals surface area contributed by atoms with Crippen LogP contribution in [-0.4, -0.2) is 18.3 Å². The molecule has 0 N–H and O–H groups in total. The van der Waals surface area contributed by atoms with Gasteiger partial charge in [-0.1, -0.05) is 69.6 Å². The zero-order chi connectivity index (χ0) is 11.6. The fourth-order valence-electron chi connectivity index (χ4n) is 0.698. The Bertz CT molecular complexity index is 148. The predicted molar refractivity (Wildman–Crippen MR) is 69.1 cm³/mol. The summed E-state index contributed by atoms with van der Waals surface area (Å²) < 4.78 is -2.90. The molecule has 0 nitrogen and oxygen atoms in total. The third-order valence-electron chi connectivity index (χ3n) is 1.25. The number of hydrogen-bond donors (Lipinski definition) is 0. The number of alkyl halides is 8. The van der Waals surface area contributed by atoms with E-state index >= 15 is 0 Å². The van der Waals surface area contributed by atoms with Crippen molar-refractivity contribution >= 4 is 92.8 Å². The topological polar surface area (TPSA) is 0 Å². The van der Waals surface area contributed by atoms with Crippen LogP contribution in [0.1, 0.15) is 12.8 Å². The molecule has 0 amide bonds. The maximum Gasteiger partial charge on any atom is 0.192 e. The van der Waals surface area contributed by atoms with Crippen LogP contribution in [0.2, 0.25) is 0 Å². The van der Waals surface area contributed by atoms with Gasteiger partial charge in [0.1, 0.15) is 0 Å². The SMILES string of the molecule is ClC(CC(Cl)(Cl)Cl)C(Cl)CC(Cl)(Cl)Cl. The van der Waals surface area contributed by atoms with E-state index < -0.39 is 18.3 Å². The van der Waals surface area contributed by atoms with Crippen LogP contribution < -0.4 is 0 Å². The predicted octanol–water partition coefficient (Wildman–Crippen LogP) is 5.72. The summed E-state index contributed by atoms with van der Waals surface area (Å²) in [7, 11) is 0. The number of rotatable bonds is 3. The Morgan fingerprint density at radius 1 is 0.643 bits per heavy atom. The van der Waals surface area contributed by atoms with Crippen molar-refractivity contribution in [3.8, 4) is 0 Å². The molecule has 0 saturated carbocycles. The van der Waals surface area contributed by atoms with E-state index in [-0.39, 0.29) is 12.8 Å². The van der Waals surface area contributed by atoms with Crippen molar-refractivity contribution in [1.29, 1.82) is 0 Å². The summed E-state index contributed by atoms with van der Waals surface area (Å²) in [6, 6.07) is 0. The lowest BCUT2D eigenvalue weighted by atomic mass is 10.2. The first kappa shape index (κ1) is 16.3. The summed E-state index contributed by atoms with van der Waals surface area (Å²) in [6.45, 7) is 0. The standard InChI is InChI=1S/C6H6Cl8/c7-3(1-5(9,10)11)4(8)2-6(12,13)14/h3-4H,1-2H2. The van der Waals surface area contributed by atoms with Crippen LogP contribution in [0.15, 0.2) is 0 Å². The van der Waals surface area contributed by atoms with Gasteiger partial charge in [0.2, 0.25) is 0 Å². The summed E-state index contributed by atoms with van der Waals surface area (Å²) >= 11 is 44.9. The Morgan fingerprint density at radius 2 is 0.857 bits per heavy atom. The molecule has 0 aromatic heterocycles. The molecule has 0 spiro atoms. The van der Waals surface area contributed by atoms with Crippen LogP contribution in [0.3, 0.4) is 0 Å². The quantitative estimate of drug-likeness (QED) is 0.564. The highest BCUT2D eigenvalue weighted by Gasteiger charge is 2.33. The fourth-order valence-corrected chi connectivity index (χ4v) is 2.81. The van der Waals surface area contributed by atoms with Gasteiger partial charge < -0.3 is 0 Å². The minimum absolute atomic E-state index is 0.0914. The van der Waals surface area contributed by atoms with E-state index in [0.29, 0.717) is 0 Å². The van der Waals surface area contributed by atoms with Gasteiger partial charge in [0, 0.05) is 12.8 Å². The van der Waals surface area contributed by atoms with Gasteiger partial charge in [-0.05, 0) is 0 Å². The van der Waals surface area contributed by atoms with E-state index in [0.717, 1.165) is 0 Å². The number of halogens is 8. The van der Waals surface area contributed by atoms with Crippen LogP contribution >= 0.6 is 92.8 Å². The Kier molecular flexibility index (Phi) is 7.35. The Balaban J connectivity index is 4.07. The van der Waals surface area contributed by atoms with Gasteiger partial charge in [-0.25, -0.2) is 0 Å². The first-order chi connectivity index (χ1) is 6.01. The van der Waals surface area contributed by atoms with Crippen molar-refractivity contribution in [2.75, 3.05) is 0 Å². The molecule has 0 aliphatic rings. The zero-order valence-electron chi connectivity index (χ0n) is 6.59. The summed E-state index contributed by atoms with van der Waals surface area (Å²) in [5, 5.41) is -1.14. The van der Waals surface area contributed by atoms with Crippen molar-refractivity contribution in [2.24, 2.45) is 0 Å². The molecule has 0 bridgehead atoms. The molecule has 0 aromatic rings. The van der Waals surface area contributed by atoms with Crippen LogP contribution in [0.5, 0.6) is 0 Å². The average molecular weight is 362 g/mol. The van der Waals surface area contributed by atoms with Gasteiger partial charge >= 0.3 is 0 Å². The molecule has 0 aromatic carbocycles. The third kappa shape index (κ3) is 9.54. The second-order valence-corrected chi connectivity index (χ2v) is 8.82. The van der Waals surface area contributed by atoms with Crippen molar-refractivity contribution in [2.45, 2.75) is 31.2 Å². The maximum absolute atomic E-state index is 5.86. The second-order valence-electron chi connectivity index (χ2n) is 2.67. The highest BCUT2D eigenvalue weighted by Crippen LogP contribution is 2.39. The Hall–Kier alpha value is 2.32. The molecule has 0 radical (unpaired) electrons. The number of hydrogen-bond acceptors (Lipinski definition) is 0. The van der Waals surface area contributed by atoms with E-state index in [1.54, 1.807) is 0 Å². The van der Waals surface area contributed by atoms with Gasteiger partial charge in [0.15, 0.2) is 7.59 Å². The van der Waals surface area contributed by atoms with Gasteiger partial charge in [-0.15, -0.1) is 23.2 Å². The first-order valence-electron chi connectivity index (χ1n) is 3.43. The third-order valence-corrected chi connectivity index (χ3v) is 3.22. The molecule has 0 aliphatic heterocycles. The van der Waals surface area contributed by atoms with Gasteiger partial charge in [0.05, 0.1) is 10.8 Å². The Morgan fingerprint density at radius 3 is 1.00 bits per heavy atom. The molecule has 2 unspecified atom stereocenters. The molecule has 8 heteroatoms. The van der Waals surface area contributed by atoms with Crippen LogP contribution in [0.25, 0.3) is 0 Å². The van der Waals surface area contributed by atoms with Crippen molar-refractivity contribution in [3.05, 3.63) is 0 Å². The van der Waals surface area contributed by atoms with Crippen molar-refractivity contribution in [3.63, 3.8) is 0 Å². The van der Waals surface area contributed by atoms with Gasteiger partial charge in [-0.2, -0.15) is 0 Å². The molecule has 14 heavy (non-hydrogen) atoms. The summed E-state index contributed by atoms with van der Waals surface area (Å²) in [5.41, 5.74) is 0. The lowest BCUT2D eigenvalue weighted by Gasteiger charge is -2.22. The lowest BCUT2D eigenvalue weighted by molar-refractivity contribution is 0.673. The normalized spacial score (nSPS) is 18.0. The van der Waals surface area contributed by atoms with E-state index in [2.05, 4.69) is 0 Å². The van der Waals surface area contributed by atoms with Crippen LogP contribution in [0, 0.1) is 0 Å². The fraction of sp³-hybridized carbons (Fsp3) is 1.00. The van der Waals surface area contributed by atoms with Gasteiger partial charge in [-0.3, -0.25) is 0 Å². The van der Waals surface area contributed by atoms with Crippen molar-refractivity contribution < 1.29 is 0 Å².